The van der Waals surface area contributed by atoms with Crippen molar-refractivity contribution < 1.29 is 23.5 Å². The van der Waals surface area contributed by atoms with Gasteiger partial charge >= 0.3 is 0 Å². The zero-order chi connectivity index (χ0) is 26.7. The normalized spacial score (nSPS) is 11.2. The van der Waals surface area contributed by atoms with Crippen LogP contribution in [0, 0.1) is 0 Å². The minimum absolute atomic E-state index is 0.0598. The van der Waals surface area contributed by atoms with E-state index in [0.717, 1.165) is 0 Å². The maximum Gasteiger partial charge on any atom is 0.272 e. The van der Waals surface area contributed by atoms with E-state index in [0.29, 0.717) is 40.5 Å². The van der Waals surface area contributed by atoms with E-state index in [2.05, 4.69) is 10.6 Å². The number of hydrogen-bond donors (Lipinski definition) is 2. The van der Waals surface area contributed by atoms with Crippen molar-refractivity contribution in [2.24, 2.45) is 0 Å². The van der Waals surface area contributed by atoms with Crippen LogP contribution in [0.1, 0.15) is 39.0 Å². The highest BCUT2D eigenvalue weighted by Crippen LogP contribution is 2.17. The van der Waals surface area contributed by atoms with Gasteiger partial charge < -0.3 is 19.8 Å². The number of allylic oxidation sites excluding steroid dienone is 1. The number of nitrogens with one attached hydrogen (secondary N) is 2. The third-order valence-corrected chi connectivity index (χ3v) is 5.40. The molecule has 0 spiro atoms. The Morgan fingerprint density at radius 1 is 0.842 bits per heavy atom. The summed E-state index contributed by atoms with van der Waals surface area (Å²) in [6.45, 7) is 2.44. The first-order valence-electron chi connectivity index (χ1n) is 12.0. The van der Waals surface area contributed by atoms with Crippen molar-refractivity contribution in [3.8, 4) is 5.75 Å². The SMILES string of the molecule is CCOc1ccc(/C=C(\NC(=O)c2ccccc2)C(=O)Nc2ccc(C(=O)/C=C/c3ccco3)cc2)cc1. The van der Waals surface area contributed by atoms with Crippen molar-refractivity contribution >= 4 is 35.4 Å². The molecule has 0 aliphatic rings. The van der Waals surface area contributed by atoms with Gasteiger partial charge in [-0.3, -0.25) is 14.4 Å². The summed E-state index contributed by atoms with van der Waals surface area (Å²) in [5.74, 6) is 0.150. The molecule has 0 aliphatic heterocycles. The van der Waals surface area contributed by atoms with Crippen LogP contribution in [0.25, 0.3) is 12.2 Å². The molecule has 4 aromatic rings. The van der Waals surface area contributed by atoms with Crippen molar-refractivity contribution in [1.29, 1.82) is 0 Å². The number of benzene rings is 3. The summed E-state index contributed by atoms with van der Waals surface area (Å²) in [5.41, 5.74) is 2.10. The van der Waals surface area contributed by atoms with Gasteiger partial charge in [0.15, 0.2) is 5.78 Å². The molecule has 7 nitrogen and oxygen atoms in total. The molecule has 0 bridgehead atoms. The van der Waals surface area contributed by atoms with E-state index >= 15 is 0 Å². The minimum Gasteiger partial charge on any atom is -0.494 e. The van der Waals surface area contributed by atoms with Gasteiger partial charge in [-0.1, -0.05) is 30.3 Å². The lowest BCUT2D eigenvalue weighted by Gasteiger charge is -2.12. The molecule has 0 fully saturated rings. The molecule has 0 radical (unpaired) electrons. The molecule has 0 atom stereocenters. The zero-order valence-electron chi connectivity index (χ0n) is 20.7. The fourth-order valence-corrected chi connectivity index (χ4v) is 3.49. The minimum atomic E-state index is -0.514. The summed E-state index contributed by atoms with van der Waals surface area (Å²) in [7, 11) is 0. The zero-order valence-corrected chi connectivity index (χ0v) is 20.7. The van der Waals surface area contributed by atoms with Gasteiger partial charge in [0, 0.05) is 16.8 Å². The van der Waals surface area contributed by atoms with Crippen LogP contribution in [0.3, 0.4) is 0 Å². The molecule has 0 unspecified atom stereocenters. The Morgan fingerprint density at radius 2 is 1.58 bits per heavy atom. The molecule has 38 heavy (non-hydrogen) atoms. The van der Waals surface area contributed by atoms with E-state index in [4.69, 9.17) is 9.15 Å². The Morgan fingerprint density at radius 3 is 2.24 bits per heavy atom. The Hall–Kier alpha value is -5.17. The standard InChI is InChI=1S/C31H26N2O5/c1-2-37-27-16-10-22(11-17-27)21-28(33-30(35)24-7-4-3-5-8-24)31(36)32-25-14-12-23(13-15-25)29(34)19-18-26-9-6-20-38-26/h3-21H,2H2,1H3,(H,32,36)(H,33,35)/b19-18+,28-21-. The van der Waals surface area contributed by atoms with Crippen molar-refractivity contribution in [2.45, 2.75) is 6.92 Å². The number of hydrogen-bond acceptors (Lipinski definition) is 5. The fraction of sp³-hybridized carbons (Fsp3) is 0.0645. The summed E-state index contributed by atoms with van der Waals surface area (Å²) in [4.78, 5) is 38.4. The van der Waals surface area contributed by atoms with E-state index < -0.39 is 11.8 Å². The lowest BCUT2D eigenvalue weighted by atomic mass is 10.1. The van der Waals surface area contributed by atoms with E-state index in [9.17, 15) is 14.4 Å². The summed E-state index contributed by atoms with van der Waals surface area (Å²) in [6.07, 6.45) is 6.13. The van der Waals surface area contributed by atoms with Crippen molar-refractivity contribution in [3.05, 3.63) is 131 Å². The highest BCUT2D eigenvalue weighted by molar-refractivity contribution is 6.11. The fourth-order valence-electron chi connectivity index (χ4n) is 3.49. The van der Waals surface area contributed by atoms with Crippen LogP contribution in [-0.2, 0) is 4.79 Å². The summed E-state index contributed by atoms with van der Waals surface area (Å²) < 4.78 is 10.7. The van der Waals surface area contributed by atoms with E-state index in [1.807, 2.05) is 6.92 Å². The van der Waals surface area contributed by atoms with Crippen LogP contribution < -0.4 is 15.4 Å². The molecule has 2 amide bonds. The third-order valence-electron chi connectivity index (χ3n) is 5.40. The summed E-state index contributed by atoms with van der Waals surface area (Å²) in [6, 6.07) is 25.8. The molecule has 0 saturated carbocycles. The molecular weight excluding hydrogens is 480 g/mol. The number of furan rings is 1. The topological polar surface area (TPSA) is 97.6 Å². The van der Waals surface area contributed by atoms with Gasteiger partial charge in [-0.05, 0) is 91.4 Å². The second-order valence-corrected chi connectivity index (χ2v) is 8.12. The summed E-state index contributed by atoms with van der Waals surface area (Å²) >= 11 is 0. The number of ketones is 1. The van der Waals surface area contributed by atoms with Gasteiger partial charge in [-0.2, -0.15) is 0 Å². The van der Waals surface area contributed by atoms with Gasteiger partial charge in [0.05, 0.1) is 12.9 Å². The van der Waals surface area contributed by atoms with Crippen molar-refractivity contribution in [2.75, 3.05) is 11.9 Å². The van der Waals surface area contributed by atoms with Gasteiger partial charge in [0.1, 0.15) is 17.2 Å². The van der Waals surface area contributed by atoms with E-state index in [1.165, 1.54) is 12.3 Å². The van der Waals surface area contributed by atoms with Crippen LogP contribution in [0.5, 0.6) is 5.75 Å². The predicted octanol–water partition coefficient (Wildman–Crippen LogP) is 5.98. The van der Waals surface area contributed by atoms with Crippen molar-refractivity contribution in [1.82, 2.24) is 5.32 Å². The molecule has 4 rings (SSSR count). The predicted molar refractivity (Wildman–Crippen MR) is 147 cm³/mol. The molecule has 2 N–H and O–H groups in total. The molecule has 190 valence electrons. The largest absolute Gasteiger partial charge is 0.494 e. The first-order valence-corrected chi connectivity index (χ1v) is 12.0. The number of anilines is 1. The smallest absolute Gasteiger partial charge is 0.272 e. The average Bonchev–Trinajstić information content (AvgIpc) is 3.47. The summed E-state index contributed by atoms with van der Waals surface area (Å²) in [5, 5.41) is 5.49. The van der Waals surface area contributed by atoms with E-state index in [-0.39, 0.29) is 11.5 Å². The highest BCUT2D eigenvalue weighted by atomic mass is 16.5. The van der Waals surface area contributed by atoms with Gasteiger partial charge in [0.25, 0.3) is 11.8 Å². The van der Waals surface area contributed by atoms with Crippen LogP contribution in [0.15, 0.2) is 113 Å². The first-order chi connectivity index (χ1) is 18.5. The Balaban J connectivity index is 1.50. The molecule has 1 aromatic heterocycles. The number of carbonyl (C=O) groups excluding carboxylic acids is 3. The second kappa shape index (κ2) is 12.7. The Labute approximate surface area is 220 Å². The average molecular weight is 507 g/mol. The van der Waals surface area contributed by atoms with Gasteiger partial charge in [-0.25, -0.2) is 0 Å². The second-order valence-electron chi connectivity index (χ2n) is 8.12. The molecule has 0 aliphatic carbocycles. The number of rotatable bonds is 10. The molecular formula is C31H26N2O5. The number of carbonyl (C=O) groups is 3. The lowest BCUT2D eigenvalue weighted by Crippen LogP contribution is -2.30. The van der Waals surface area contributed by atoms with E-state index in [1.54, 1.807) is 103 Å². The number of amides is 2. The van der Waals surface area contributed by atoms with Crippen molar-refractivity contribution in [3.63, 3.8) is 0 Å². The molecule has 0 saturated heterocycles. The Bertz CT molecular complexity index is 1440. The molecule has 1 heterocycles. The first kappa shape index (κ1) is 25.9. The maximum atomic E-state index is 13.2. The monoisotopic (exact) mass is 506 g/mol. The highest BCUT2D eigenvalue weighted by Gasteiger charge is 2.15. The lowest BCUT2D eigenvalue weighted by molar-refractivity contribution is -0.113. The van der Waals surface area contributed by atoms with Crippen LogP contribution in [0.2, 0.25) is 0 Å². The van der Waals surface area contributed by atoms with Gasteiger partial charge in [-0.15, -0.1) is 0 Å². The number of ether oxygens (including phenoxy) is 1. The maximum absolute atomic E-state index is 13.2. The Kier molecular flexibility index (Phi) is 8.65. The quantitative estimate of drug-likeness (QED) is 0.204. The van der Waals surface area contributed by atoms with Crippen LogP contribution in [0.4, 0.5) is 5.69 Å². The molecule has 7 heteroatoms. The molecule has 3 aromatic carbocycles. The van der Waals surface area contributed by atoms with Gasteiger partial charge in [0.2, 0.25) is 0 Å². The van der Waals surface area contributed by atoms with Crippen LogP contribution >= 0.6 is 0 Å². The third kappa shape index (κ3) is 7.18. The van der Waals surface area contributed by atoms with Crippen LogP contribution in [-0.4, -0.2) is 24.2 Å².